The number of carbonyl (C=O) groups is 1. The quantitative estimate of drug-likeness (QED) is 0.750. The topological polar surface area (TPSA) is 44.8 Å². The number of hydrogen-bond donors (Lipinski definition) is 0. The first-order valence-electron chi connectivity index (χ1n) is 5.27. The monoisotopic (exact) mass is 278 g/mol. The first-order valence-corrected chi connectivity index (χ1v) is 5.27. The highest BCUT2D eigenvalue weighted by molar-refractivity contribution is 6.02. The molecule has 0 N–H and O–H groups in total. The zero-order chi connectivity index (χ0) is 14.5. The Morgan fingerprint density at radius 3 is 2.11 bits per heavy atom. The molecule has 0 aliphatic carbocycles. The average Bonchev–Trinajstić information content (AvgIpc) is 2.35. The van der Waals surface area contributed by atoms with E-state index in [2.05, 4.69) is 4.74 Å². The van der Waals surface area contributed by atoms with E-state index in [1.807, 2.05) is 0 Å². The molecule has 7 heteroatoms. The van der Waals surface area contributed by atoms with Crippen molar-refractivity contribution in [1.29, 1.82) is 0 Å². The van der Waals surface area contributed by atoms with Gasteiger partial charge in [-0.05, 0) is 12.1 Å². The van der Waals surface area contributed by atoms with E-state index in [-0.39, 0.29) is 17.1 Å². The van der Waals surface area contributed by atoms with Crippen LogP contribution in [0.3, 0.4) is 0 Å². The molecule has 4 nitrogen and oxygen atoms in total. The molecule has 0 atom stereocenters. The summed E-state index contributed by atoms with van der Waals surface area (Å²) in [6.07, 6.45) is -4.47. The Morgan fingerprint density at radius 2 is 1.68 bits per heavy atom. The summed E-state index contributed by atoms with van der Waals surface area (Å²) in [5.41, 5.74) is 0.0645. The standard InChI is InChI=1S/C12H13F3O4/c1-17-9-4-3-5-10(18-2)11(9)8(16)6-19-7-12(13,14)15/h3-5H,6-7H2,1-2H3. The van der Waals surface area contributed by atoms with E-state index in [9.17, 15) is 18.0 Å². The summed E-state index contributed by atoms with van der Waals surface area (Å²) in [7, 11) is 2.70. The minimum atomic E-state index is -4.47. The first kappa shape index (κ1) is 15.3. The van der Waals surface area contributed by atoms with E-state index >= 15 is 0 Å². The second kappa shape index (κ2) is 6.42. The number of rotatable bonds is 6. The average molecular weight is 278 g/mol. The van der Waals surface area contributed by atoms with Crippen molar-refractivity contribution in [1.82, 2.24) is 0 Å². The Morgan fingerprint density at radius 1 is 1.16 bits per heavy atom. The molecule has 0 unspecified atom stereocenters. The maximum absolute atomic E-state index is 11.9. The van der Waals surface area contributed by atoms with E-state index in [1.165, 1.54) is 26.4 Å². The Kier molecular flexibility index (Phi) is 5.17. The Bertz CT molecular complexity index is 421. The first-order chi connectivity index (χ1) is 8.89. The summed E-state index contributed by atoms with van der Waals surface area (Å²) in [4.78, 5) is 11.8. The number of methoxy groups -OCH3 is 2. The van der Waals surface area contributed by atoms with Gasteiger partial charge in [0.1, 0.15) is 30.3 Å². The summed E-state index contributed by atoms with van der Waals surface area (Å²) in [6.45, 7) is -2.17. The van der Waals surface area contributed by atoms with Gasteiger partial charge in [0.15, 0.2) is 5.78 Å². The number of alkyl halides is 3. The van der Waals surface area contributed by atoms with Crippen LogP contribution in [0.1, 0.15) is 10.4 Å². The van der Waals surface area contributed by atoms with Crippen molar-refractivity contribution >= 4 is 5.78 Å². The molecular formula is C12H13F3O4. The van der Waals surface area contributed by atoms with Crippen LogP contribution in [-0.4, -0.2) is 39.4 Å². The van der Waals surface area contributed by atoms with Gasteiger partial charge in [-0.1, -0.05) is 6.07 Å². The fourth-order valence-electron chi connectivity index (χ4n) is 1.46. The molecule has 1 aromatic carbocycles. The largest absolute Gasteiger partial charge is 0.496 e. The zero-order valence-electron chi connectivity index (χ0n) is 10.4. The van der Waals surface area contributed by atoms with Gasteiger partial charge in [0.25, 0.3) is 0 Å². The Balaban J connectivity index is 2.81. The molecule has 0 saturated heterocycles. The van der Waals surface area contributed by atoms with Crippen LogP contribution in [0.5, 0.6) is 11.5 Å². The lowest BCUT2D eigenvalue weighted by molar-refractivity contribution is -0.170. The second-order valence-corrected chi connectivity index (χ2v) is 3.57. The molecule has 0 amide bonds. The van der Waals surface area contributed by atoms with Gasteiger partial charge in [-0.25, -0.2) is 0 Å². The van der Waals surface area contributed by atoms with Gasteiger partial charge in [0.05, 0.1) is 14.2 Å². The molecule has 0 fully saturated rings. The number of ether oxygens (including phenoxy) is 3. The molecule has 0 heterocycles. The minimum absolute atomic E-state index is 0.0645. The van der Waals surface area contributed by atoms with E-state index in [4.69, 9.17) is 9.47 Å². The molecule has 0 radical (unpaired) electrons. The van der Waals surface area contributed by atoms with Crippen molar-refractivity contribution in [3.63, 3.8) is 0 Å². The fraction of sp³-hybridized carbons (Fsp3) is 0.417. The summed E-state index contributed by atoms with van der Waals surface area (Å²) < 4.78 is 50.0. The molecular weight excluding hydrogens is 265 g/mol. The molecule has 1 aromatic rings. The van der Waals surface area contributed by atoms with E-state index in [0.29, 0.717) is 0 Å². The number of halogens is 3. The molecule has 0 saturated carbocycles. The van der Waals surface area contributed by atoms with Gasteiger partial charge in [0.2, 0.25) is 0 Å². The molecule has 1 rings (SSSR count). The molecule has 0 spiro atoms. The summed E-state index contributed by atoms with van der Waals surface area (Å²) in [5.74, 6) is -0.196. The molecule has 0 aromatic heterocycles. The SMILES string of the molecule is COc1cccc(OC)c1C(=O)COCC(F)(F)F. The number of ketones is 1. The maximum Gasteiger partial charge on any atom is 0.411 e. The number of hydrogen-bond acceptors (Lipinski definition) is 4. The third-order valence-electron chi connectivity index (χ3n) is 2.21. The van der Waals surface area contributed by atoms with Crippen LogP contribution in [-0.2, 0) is 4.74 Å². The highest BCUT2D eigenvalue weighted by Crippen LogP contribution is 2.28. The lowest BCUT2D eigenvalue weighted by Gasteiger charge is -2.12. The molecule has 0 aliphatic rings. The molecule has 106 valence electrons. The molecule has 0 bridgehead atoms. The molecule has 0 aliphatic heterocycles. The smallest absolute Gasteiger partial charge is 0.411 e. The van der Waals surface area contributed by atoms with Crippen LogP contribution in [0.4, 0.5) is 13.2 Å². The van der Waals surface area contributed by atoms with Crippen molar-refractivity contribution in [2.75, 3.05) is 27.4 Å². The highest BCUT2D eigenvalue weighted by atomic mass is 19.4. The highest BCUT2D eigenvalue weighted by Gasteiger charge is 2.28. The zero-order valence-corrected chi connectivity index (χ0v) is 10.4. The van der Waals surface area contributed by atoms with Crippen molar-refractivity contribution in [3.8, 4) is 11.5 Å². The van der Waals surface area contributed by atoms with Crippen molar-refractivity contribution < 1.29 is 32.2 Å². The van der Waals surface area contributed by atoms with Gasteiger partial charge in [-0.3, -0.25) is 4.79 Å². The normalized spacial score (nSPS) is 11.2. The van der Waals surface area contributed by atoms with Gasteiger partial charge >= 0.3 is 6.18 Å². The Labute approximate surface area is 108 Å². The second-order valence-electron chi connectivity index (χ2n) is 3.57. The Hall–Kier alpha value is -1.76. The maximum atomic E-state index is 11.9. The summed E-state index contributed by atoms with van der Waals surface area (Å²) in [5, 5.41) is 0. The van der Waals surface area contributed by atoms with Gasteiger partial charge in [0, 0.05) is 0 Å². The van der Waals surface area contributed by atoms with Gasteiger partial charge in [-0.2, -0.15) is 13.2 Å². The summed E-state index contributed by atoms with van der Waals surface area (Å²) in [6, 6.07) is 4.63. The predicted molar refractivity (Wildman–Crippen MR) is 60.8 cm³/mol. The van der Waals surface area contributed by atoms with Gasteiger partial charge in [-0.15, -0.1) is 0 Å². The van der Waals surface area contributed by atoms with E-state index in [0.717, 1.165) is 0 Å². The van der Waals surface area contributed by atoms with E-state index in [1.54, 1.807) is 6.07 Å². The fourth-order valence-corrected chi connectivity index (χ4v) is 1.46. The minimum Gasteiger partial charge on any atom is -0.496 e. The molecule has 19 heavy (non-hydrogen) atoms. The lowest BCUT2D eigenvalue weighted by Crippen LogP contribution is -2.21. The summed E-state index contributed by atoms with van der Waals surface area (Å²) >= 11 is 0. The van der Waals surface area contributed by atoms with Crippen molar-refractivity contribution in [2.45, 2.75) is 6.18 Å². The number of carbonyl (C=O) groups excluding carboxylic acids is 1. The third kappa shape index (κ3) is 4.44. The third-order valence-corrected chi connectivity index (χ3v) is 2.21. The van der Waals surface area contributed by atoms with Crippen LogP contribution >= 0.6 is 0 Å². The van der Waals surface area contributed by atoms with Crippen LogP contribution < -0.4 is 9.47 Å². The van der Waals surface area contributed by atoms with Crippen LogP contribution in [0.2, 0.25) is 0 Å². The van der Waals surface area contributed by atoms with Crippen LogP contribution in [0.15, 0.2) is 18.2 Å². The predicted octanol–water partition coefficient (Wildman–Crippen LogP) is 2.47. The van der Waals surface area contributed by atoms with Crippen LogP contribution in [0.25, 0.3) is 0 Å². The van der Waals surface area contributed by atoms with Crippen molar-refractivity contribution in [2.24, 2.45) is 0 Å². The number of Topliss-reactive ketones (excluding diaryl/α,β-unsaturated/α-hetero) is 1. The van der Waals surface area contributed by atoms with Gasteiger partial charge < -0.3 is 14.2 Å². The lowest BCUT2D eigenvalue weighted by atomic mass is 10.1. The van der Waals surface area contributed by atoms with Crippen LogP contribution in [0, 0.1) is 0 Å². The van der Waals surface area contributed by atoms with Crippen molar-refractivity contribution in [3.05, 3.63) is 23.8 Å². The number of benzene rings is 1. The van der Waals surface area contributed by atoms with E-state index < -0.39 is 25.2 Å².